The molecule has 0 spiro atoms. The quantitative estimate of drug-likeness (QED) is 0.579. The number of carboxylic acid groups (broad SMARTS) is 1. The minimum atomic E-state index is -0.988. The molecule has 0 aromatic carbocycles. The number of hydrogen-bond donors (Lipinski definition) is 3. The van der Waals surface area contributed by atoms with E-state index in [0.29, 0.717) is 11.7 Å². The van der Waals surface area contributed by atoms with Gasteiger partial charge in [-0.3, -0.25) is 9.59 Å². The molecule has 0 aliphatic rings. The normalized spacial score (nSPS) is 12.1. The summed E-state index contributed by atoms with van der Waals surface area (Å²) in [7, 11) is 0. The van der Waals surface area contributed by atoms with E-state index in [-0.39, 0.29) is 25.5 Å². The third-order valence-electron chi connectivity index (χ3n) is 2.57. The van der Waals surface area contributed by atoms with Crippen LogP contribution in [0.3, 0.4) is 0 Å². The van der Waals surface area contributed by atoms with Gasteiger partial charge in [0.15, 0.2) is 0 Å². The molecule has 8 nitrogen and oxygen atoms in total. The first-order chi connectivity index (χ1) is 9.01. The number of hydrogen-bond acceptors (Lipinski definition) is 5. The number of carbonyl (C=O) groups excluding carboxylic acids is 1. The molecule has 1 heterocycles. The molecule has 1 aromatic heterocycles. The van der Waals surface area contributed by atoms with Crippen LogP contribution in [0.2, 0.25) is 0 Å². The van der Waals surface area contributed by atoms with E-state index in [0.717, 1.165) is 6.42 Å². The lowest BCUT2D eigenvalue weighted by molar-refractivity contribution is -0.138. The van der Waals surface area contributed by atoms with E-state index in [2.05, 4.69) is 20.9 Å². The molecule has 8 heteroatoms. The number of aliphatic carboxylic acids is 1. The fraction of sp³-hybridized carbons (Fsp3) is 0.636. The largest absolute Gasteiger partial charge is 0.480 e. The predicted molar refractivity (Wildman–Crippen MR) is 67.3 cm³/mol. The van der Waals surface area contributed by atoms with Gasteiger partial charge in [0.05, 0.1) is 19.3 Å². The van der Waals surface area contributed by atoms with Gasteiger partial charge in [0, 0.05) is 6.04 Å². The van der Waals surface area contributed by atoms with Crippen LogP contribution in [-0.2, 0) is 22.7 Å². The molecule has 0 saturated heterocycles. The number of nitrogens with one attached hydrogen (secondary N) is 2. The van der Waals surface area contributed by atoms with Crippen molar-refractivity contribution >= 4 is 11.9 Å². The second-order valence-electron chi connectivity index (χ2n) is 4.27. The zero-order valence-corrected chi connectivity index (χ0v) is 11.1. The molecule has 0 aliphatic heterocycles. The first-order valence-corrected chi connectivity index (χ1v) is 6.12. The smallest absolute Gasteiger partial charge is 0.325 e. The third kappa shape index (κ3) is 5.96. The van der Waals surface area contributed by atoms with Gasteiger partial charge in [0.1, 0.15) is 12.2 Å². The van der Waals surface area contributed by atoms with Crippen LogP contribution >= 0.6 is 0 Å². The van der Waals surface area contributed by atoms with Gasteiger partial charge >= 0.3 is 5.97 Å². The van der Waals surface area contributed by atoms with Gasteiger partial charge in [-0.05, 0) is 13.3 Å². The van der Waals surface area contributed by atoms with Crippen molar-refractivity contribution in [3.05, 3.63) is 11.9 Å². The molecular weight excluding hydrogens is 250 g/mol. The summed E-state index contributed by atoms with van der Waals surface area (Å²) in [5, 5.41) is 21.7. The van der Waals surface area contributed by atoms with Crippen molar-refractivity contribution < 1.29 is 14.7 Å². The summed E-state index contributed by atoms with van der Waals surface area (Å²) in [5.74, 6) is -1.12. The third-order valence-corrected chi connectivity index (χ3v) is 2.57. The van der Waals surface area contributed by atoms with Crippen LogP contribution in [0.1, 0.15) is 26.0 Å². The van der Waals surface area contributed by atoms with Crippen LogP contribution < -0.4 is 10.6 Å². The average molecular weight is 269 g/mol. The van der Waals surface area contributed by atoms with Crippen molar-refractivity contribution in [3.8, 4) is 0 Å². The Morgan fingerprint density at radius 2 is 2.26 bits per heavy atom. The van der Waals surface area contributed by atoms with Crippen LogP contribution in [0.4, 0.5) is 0 Å². The van der Waals surface area contributed by atoms with Crippen LogP contribution in [0.25, 0.3) is 0 Å². The molecule has 1 atom stereocenters. The van der Waals surface area contributed by atoms with E-state index in [4.69, 9.17) is 5.11 Å². The second kappa shape index (κ2) is 7.47. The van der Waals surface area contributed by atoms with Gasteiger partial charge < -0.3 is 15.7 Å². The maximum absolute atomic E-state index is 11.5. The van der Waals surface area contributed by atoms with Crippen LogP contribution in [0, 0.1) is 0 Å². The number of carbonyl (C=O) groups is 2. The minimum absolute atomic E-state index is 0.131. The lowest BCUT2D eigenvalue weighted by Crippen LogP contribution is -2.37. The molecule has 19 heavy (non-hydrogen) atoms. The number of carboxylic acids is 1. The topological polar surface area (TPSA) is 109 Å². The van der Waals surface area contributed by atoms with E-state index in [1.54, 1.807) is 0 Å². The van der Waals surface area contributed by atoms with Gasteiger partial charge in [-0.25, -0.2) is 4.68 Å². The standard InChI is InChI=1S/C11H19N5O3/c1-3-8(2)12-5-10(17)13-4-9-6-16(15-14-9)7-11(18)19/h6,8,12H,3-5,7H2,1-2H3,(H,13,17)(H,18,19). The maximum Gasteiger partial charge on any atom is 0.325 e. The lowest BCUT2D eigenvalue weighted by Gasteiger charge is -2.10. The lowest BCUT2D eigenvalue weighted by atomic mass is 10.2. The zero-order valence-electron chi connectivity index (χ0n) is 11.1. The predicted octanol–water partition coefficient (Wildman–Crippen LogP) is -0.633. The van der Waals surface area contributed by atoms with Crippen molar-refractivity contribution in [1.29, 1.82) is 0 Å². The highest BCUT2D eigenvalue weighted by Gasteiger charge is 2.07. The molecule has 0 saturated carbocycles. The van der Waals surface area contributed by atoms with Crippen LogP contribution in [-0.4, -0.2) is 44.6 Å². The number of aromatic nitrogens is 3. The Labute approximate surface area is 111 Å². The monoisotopic (exact) mass is 269 g/mol. The molecule has 0 radical (unpaired) electrons. The molecule has 1 amide bonds. The Bertz CT molecular complexity index is 432. The molecule has 106 valence electrons. The molecule has 1 unspecified atom stereocenters. The van der Waals surface area contributed by atoms with Crippen molar-refractivity contribution in [2.75, 3.05) is 6.54 Å². The van der Waals surface area contributed by atoms with Crippen molar-refractivity contribution in [1.82, 2.24) is 25.6 Å². The van der Waals surface area contributed by atoms with E-state index >= 15 is 0 Å². The van der Waals surface area contributed by atoms with Gasteiger partial charge in [-0.1, -0.05) is 12.1 Å². The van der Waals surface area contributed by atoms with E-state index in [1.807, 2.05) is 13.8 Å². The maximum atomic E-state index is 11.5. The zero-order chi connectivity index (χ0) is 14.3. The van der Waals surface area contributed by atoms with Gasteiger partial charge in [0.25, 0.3) is 0 Å². The number of nitrogens with zero attached hydrogens (tertiary/aromatic N) is 3. The minimum Gasteiger partial charge on any atom is -0.480 e. The molecule has 1 rings (SSSR count). The highest BCUT2D eigenvalue weighted by Crippen LogP contribution is 1.92. The molecule has 0 aliphatic carbocycles. The molecule has 0 fully saturated rings. The number of rotatable bonds is 8. The van der Waals surface area contributed by atoms with E-state index in [9.17, 15) is 9.59 Å². The molecular formula is C11H19N5O3. The van der Waals surface area contributed by atoms with Gasteiger partial charge in [-0.2, -0.15) is 0 Å². The fourth-order valence-electron chi connectivity index (χ4n) is 1.30. The Kier molecular flexibility index (Phi) is 5.94. The second-order valence-corrected chi connectivity index (χ2v) is 4.27. The molecule has 1 aromatic rings. The summed E-state index contributed by atoms with van der Waals surface area (Å²) in [5.41, 5.74) is 0.526. The Morgan fingerprint density at radius 3 is 2.89 bits per heavy atom. The van der Waals surface area contributed by atoms with Crippen molar-refractivity contribution in [2.24, 2.45) is 0 Å². The Balaban J connectivity index is 2.30. The Morgan fingerprint density at radius 1 is 1.53 bits per heavy atom. The summed E-state index contributed by atoms with van der Waals surface area (Å²) >= 11 is 0. The van der Waals surface area contributed by atoms with Gasteiger partial charge in [-0.15, -0.1) is 5.10 Å². The van der Waals surface area contributed by atoms with E-state index in [1.165, 1.54) is 10.9 Å². The van der Waals surface area contributed by atoms with E-state index < -0.39 is 5.97 Å². The fourth-order valence-corrected chi connectivity index (χ4v) is 1.30. The molecule has 3 N–H and O–H groups in total. The first kappa shape index (κ1) is 15.1. The Hall–Kier alpha value is -1.96. The summed E-state index contributed by atoms with van der Waals surface area (Å²) in [6.07, 6.45) is 2.45. The highest BCUT2D eigenvalue weighted by molar-refractivity contribution is 5.77. The summed E-state index contributed by atoms with van der Waals surface area (Å²) in [4.78, 5) is 22.0. The van der Waals surface area contributed by atoms with Crippen LogP contribution in [0.5, 0.6) is 0 Å². The summed E-state index contributed by atoms with van der Waals surface area (Å²) in [6.45, 7) is 4.29. The van der Waals surface area contributed by atoms with Gasteiger partial charge in [0.2, 0.25) is 5.91 Å². The summed E-state index contributed by atoms with van der Waals surface area (Å²) in [6, 6.07) is 0.294. The number of amides is 1. The summed E-state index contributed by atoms with van der Waals surface area (Å²) < 4.78 is 1.21. The van der Waals surface area contributed by atoms with Crippen molar-refractivity contribution in [3.63, 3.8) is 0 Å². The molecule has 0 bridgehead atoms. The highest BCUT2D eigenvalue weighted by atomic mass is 16.4. The first-order valence-electron chi connectivity index (χ1n) is 6.12. The average Bonchev–Trinajstić information content (AvgIpc) is 2.80. The van der Waals surface area contributed by atoms with Crippen LogP contribution in [0.15, 0.2) is 6.20 Å². The SMILES string of the molecule is CCC(C)NCC(=O)NCc1cn(CC(=O)O)nn1. The van der Waals surface area contributed by atoms with Crippen molar-refractivity contribution in [2.45, 2.75) is 39.4 Å².